The molecule has 2 unspecified atom stereocenters. The lowest BCUT2D eigenvalue weighted by Crippen LogP contribution is -2.45. The minimum absolute atomic E-state index is 0.0200. The molecule has 0 aliphatic rings. The highest BCUT2D eigenvalue weighted by atomic mass is 16.5. The fourth-order valence-corrected chi connectivity index (χ4v) is 11.1. The first-order valence-corrected chi connectivity index (χ1v) is 34.4. The van der Waals surface area contributed by atoms with Crippen LogP contribution in [0.3, 0.4) is 0 Å². The van der Waals surface area contributed by atoms with Crippen molar-refractivity contribution in [3.8, 4) is 0 Å². The number of amides is 1. The molecule has 0 bridgehead atoms. The first-order chi connectivity index (χ1) is 37.0. The van der Waals surface area contributed by atoms with Gasteiger partial charge in [0.15, 0.2) is 0 Å². The Bertz CT molecular complexity index is 1130. The first kappa shape index (κ1) is 73.6. The van der Waals surface area contributed by atoms with Crippen LogP contribution >= 0.6 is 0 Å². The van der Waals surface area contributed by atoms with Crippen molar-refractivity contribution in [2.45, 2.75) is 405 Å². The van der Waals surface area contributed by atoms with E-state index in [1.165, 1.54) is 321 Å². The second kappa shape index (κ2) is 65.1. The van der Waals surface area contributed by atoms with Gasteiger partial charge in [-0.25, -0.2) is 0 Å². The highest BCUT2D eigenvalue weighted by molar-refractivity contribution is 5.76. The normalized spacial score (nSPS) is 12.5. The van der Waals surface area contributed by atoms with Crippen molar-refractivity contribution in [3.05, 3.63) is 12.2 Å². The maximum Gasteiger partial charge on any atom is 0.305 e. The number of hydrogen-bond donors (Lipinski definition) is 3. The van der Waals surface area contributed by atoms with Crippen molar-refractivity contribution in [2.24, 2.45) is 0 Å². The summed E-state index contributed by atoms with van der Waals surface area (Å²) in [5, 5.41) is 23.3. The molecule has 0 aromatic heterocycles. The predicted octanol–water partition coefficient (Wildman–Crippen LogP) is 22.0. The number of ether oxygens (including phenoxy) is 1. The van der Waals surface area contributed by atoms with Gasteiger partial charge in [-0.2, -0.15) is 0 Å². The number of allylic oxidation sites excluding steroid dienone is 2. The maximum atomic E-state index is 12.5. The number of aliphatic hydroxyl groups is 2. The fourth-order valence-electron chi connectivity index (χ4n) is 11.1. The van der Waals surface area contributed by atoms with E-state index in [9.17, 15) is 19.8 Å². The largest absolute Gasteiger partial charge is 0.466 e. The Morgan fingerprint density at radius 2 is 0.627 bits per heavy atom. The summed E-state index contributed by atoms with van der Waals surface area (Å²) in [7, 11) is 0. The Labute approximate surface area is 469 Å². The molecule has 0 heterocycles. The van der Waals surface area contributed by atoms with E-state index in [0.717, 1.165) is 38.5 Å². The van der Waals surface area contributed by atoms with Crippen LogP contribution in [0.1, 0.15) is 393 Å². The van der Waals surface area contributed by atoms with E-state index in [2.05, 4.69) is 31.3 Å². The van der Waals surface area contributed by atoms with Crippen LogP contribution in [0.25, 0.3) is 0 Å². The standard InChI is InChI=1S/C69H135NO5/c1-3-5-7-9-11-13-15-17-19-31-35-39-43-47-51-55-59-63-69(74)75-64-60-56-52-48-44-40-36-33-30-28-26-24-22-20-21-23-25-27-29-32-34-38-42-46-50-54-58-62-68(73)70-66(65-71)67(72)61-57-53-49-45-41-37-18-16-14-12-10-8-6-4-2/h20-21,66-67,71-72H,3-19,22-65H2,1-2H3,(H,70,73)/b21-20-. The molecule has 0 saturated heterocycles. The van der Waals surface area contributed by atoms with Gasteiger partial charge in [0.05, 0.1) is 25.4 Å². The molecule has 0 spiro atoms. The predicted molar refractivity (Wildman–Crippen MR) is 329 cm³/mol. The minimum Gasteiger partial charge on any atom is -0.466 e. The number of esters is 1. The van der Waals surface area contributed by atoms with Crippen molar-refractivity contribution >= 4 is 11.9 Å². The van der Waals surface area contributed by atoms with Gasteiger partial charge in [0.1, 0.15) is 0 Å². The van der Waals surface area contributed by atoms with Crippen LogP contribution < -0.4 is 5.32 Å². The Morgan fingerprint density at radius 1 is 0.360 bits per heavy atom. The van der Waals surface area contributed by atoms with E-state index in [4.69, 9.17) is 4.74 Å². The van der Waals surface area contributed by atoms with Crippen LogP contribution in [0.4, 0.5) is 0 Å². The summed E-state index contributed by atoms with van der Waals surface area (Å²) in [6.45, 7) is 4.99. The molecule has 0 aliphatic heterocycles. The topological polar surface area (TPSA) is 95.9 Å². The number of carbonyl (C=O) groups excluding carboxylic acids is 2. The molecule has 1 amide bonds. The van der Waals surface area contributed by atoms with E-state index in [-0.39, 0.29) is 18.5 Å². The molecular weight excluding hydrogens is 923 g/mol. The van der Waals surface area contributed by atoms with Crippen molar-refractivity contribution in [1.29, 1.82) is 0 Å². The summed E-state index contributed by atoms with van der Waals surface area (Å²) in [5.74, 6) is -0.0131. The van der Waals surface area contributed by atoms with E-state index >= 15 is 0 Å². The number of aliphatic hydroxyl groups excluding tert-OH is 2. The molecule has 0 saturated carbocycles. The fraction of sp³-hybridized carbons (Fsp3) is 0.942. The summed E-state index contributed by atoms with van der Waals surface area (Å²) in [4.78, 5) is 24.6. The molecular formula is C69H135NO5. The lowest BCUT2D eigenvalue weighted by Gasteiger charge is -2.22. The highest BCUT2D eigenvalue weighted by Crippen LogP contribution is 2.19. The van der Waals surface area contributed by atoms with Crippen LogP contribution in [0.2, 0.25) is 0 Å². The Morgan fingerprint density at radius 3 is 0.947 bits per heavy atom. The van der Waals surface area contributed by atoms with Gasteiger partial charge in [-0.1, -0.05) is 341 Å². The molecule has 0 rings (SSSR count). The van der Waals surface area contributed by atoms with Crippen molar-refractivity contribution < 1.29 is 24.5 Å². The number of nitrogens with one attached hydrogen (secondary N) is 1. The van der Waals surface area contributed by atoms with Crippen LogP contribution in [-0.2, 0) is 14.3 Å². The molecule has 6 heteroatoms. The highest BCUT2D eigenvalue weighted by Gasteiger charge is 2.20. The number of carbonyl (C=O) groups is 2. The third kappa shape index (κ3) is 61.7. The van der Waals surface area contributed by atoms with Crippen LogP contribution in [-0.4, -0.2) is 47.4 Å². The van der Waals surface area contributed by atoms with Gasteiger partial charge in [0.2, 0.25) is 5.91 Å². The molecule has 446 valence electrons. The molecule has 75 heavy (non-hydrogen) atoms. The summed E-state index contributed by atoms with van der Waals surface area (Å²) >= 11 is 0. The smallest absolute Gasteiger partial charge is 0.305 e. The number of rotatable bonds is 65. The van der Waals surface area contributed by atoms with E-state index in [0.29, 0.717) is 25.9 Å². The quantitative estimate of drug-likeness (QED) is 0.0320. The second-order valence-corrected chi connectivity index (χ2v) is 23.9. The van der Waals surface area contributed by atoms with Crippen molar-refractivity contribution in [3.63, 3.8) is 0 Å². The maximum absolute atomic E-state index is 12.5. The van der Waals surface area contributed by atoms with Gasteiger partial charge >= 0.3 is 5.97 Å². The SMILES string of the molecule is CCCCCCCCCCCCCCCCCCCC(=O)OCCCCCCCCCCCCCC/C=C\CCCCCCCCCCCCCC(=O)NC(CO)C(O)CCCCCCCCCCCCCCCC. The third-order valence-electron chi connectivity index (χ3n) is 16.3. The lowest BCUT2D eigenvalue weighted by atomic mass is 10.0. The zero-order valence-corrected chi connectivity index (χ0v) is 51.1. The lowest BCUT2D eigenvalue weighted by molar-refractivity contribution is -0.143. The van der Waals surface area contributed by atoms with Crippen LogP contribution in [0.5, 0.6) is 0 Å². The first-order valence-electron chi connectivity index (χ1n) is 34.4. The van der Waals surface area contributed by atoms with Gasteiger partial charge in [-0.3, -0.25) is 9.59 Å². The molecule has 3 N–H and O–H groups in total. The number of hydrogen-bond acceptors (Lipinski definition) is 5. The second-order valence-electron chi connectivity index (χ2n) is 23.9. The summed E-state index contributed by atoms with van der Waals surface area (Å²) in [6.07, 6.45) is 79.7. The average molecular weight is 1060 g/mol. The zero-order valence-electron chi connectivity index (χ0n) is 51.1. The molecule has 6 nitrogen and oxygen atoms in total. The Kier molecular flexibility index (Phi) is 63.9. The number of unbranched alkanes of at least 4 members (excludes halogenated alkanes) is 52. The summed E-state index contributed by atoms with van der Waals surface area (Å²) in [6, 6.07) is -0.541. The van der Waals surface area contributed by atoms with Gasteiger partial charge in [0.25, 0.3) is 0 Å². The molecule has 0 aromatic carbocycles. The molecule has 2 atom stereocenters. The van der Waals surface area contributed by atoms with Crippen molar-refractivity contribution in [1.82, 2.24) is 5.32 Å². The van der Waals surface area contributed by atoms with Crippen molar-refractivity contribution in [2.75, 3.05) is 13.2 Å². The van der Waals surface area contributed by atoms with Crippen LogP contribution in [0.15, 0.2) is 12.2 Å². The molecule has 0 aromatic rings. The Hall–Kier alpha value is -1.40. The van der Waals surface area contributed by atoms with Gasteiger partial charge in [0, 0.05) is 12.8 Å². The third-order valence-corrected chi connectivity index (χ3v) is 16.3. The van der Waals surface area contributed by atoms with E-state index in [1.807, 2.05) is 0 Å². The van der Waals surface area contributed by atoms with E-state index < -0.39 is 12.1 Å². The average Bonchev–Trinajstić information content (AvgIpc) is 3.41. The van der Waals surface area contributed by atoms with Crippen LogP contribution in [0, 0.1) is 0 Å². The van der Waals surface area contributed by atoms with Gasteiger partial charge in [-0.05, 0) is 51.4 Å². The van der Waals surface area contributed by atoms with Gasteiger partial charge < -0.3 is 20.3 Å². The monoisotopic (exact) mass is 1060 g/mol. The molecule has 0 fully saturated rings. The summed E-state index contributed by atoms with van der Waals surface area (Å²) < 4.78 is 5.50. The van der Waals surface area contributed by atoms with E-state index in [1.54, 1.807) is 0 Å². The zero-order chi connectivity index (χ0) is 54.3. The van der Waals surface area contributed by atoms with Gasteiger partial charge in [-0.15, -0.1) is 0 Å². The molecule has 0 aliphatic carbocycles. The molecule has 0 radical (unpaired) electrons. The minimum atomic E-state index is -0.664. The summed E-state index contributed by atoms with van der Waals surface area (Å²) in [5.41, 5.74) is 0. The Balaban J connectivity index is 3.35.